The molecular weight excluding hydrogens is 245 g/mol. The van der Waals surface area contributed by atoms with Gasteiger partial charge in [-0.1, -0.05) is 0 Å². The Morgan fingerprint density at radius 1 is 1.11 bits per heavy atom. The molecule has 0 aliphatic carbocycles. The number of carbonyl (C=O) groups excluding carboxylic acids is 1. The summed E-state index contributed by atoms with van der Waals surface area (Å²) in [6.07, 6.45) is -0.247. The van der Waals surface area contributed by atoms with E-state index in [1.54, 1.807) is 4.90 Å². The topological polar surface area (TPSA) is 32.3 Å². The summed E-state index contributed by atoms with van der Waals surface area (Å²) in [5.41, 5.74) is -0.113. The second kappa shape index (κ2) is 5.39. The van der Waals surface area contributed by atoms with Crippen LogP contribution in [0.3, 0.4) is 0 Å². The monoisotopic (exact) mass is 258 g/mol. The molecule has 2 rings (SSSR count). The molecule has 0 saturated carbocycles. The highest BCUT2D eigenvalue weighted by Crippen LogP contribution is 2.15. The summed E-state index contributed by atoms with van der Waals surface area (Å²) in [4.78, 5) is 13.4. The zero-order valence-corrected chi connectivity index (χ0v) is 9.68. The SMILES string of the molecule is O=C(Cc1cc(F)c(F)cc1F)N1CCNCC1. The summed E-state index contributed by atoms with van der Waals surface area (Å²) in [5.74, 6) is -3.55. The Labute approximate surface area is 103 Å². The minimum atomic E-state index is -1.24. The first-order valence-electron chi connectivity index (χ1n) is 5.70. The van der Waals surface area contributed by atoms with Crippen molar-refractivity contribution < 1.29 is 18.0 Å². The molecule has 1 N–H and O–H groups in total. The van der Waals surface area contributed by atoms with Gasteiger partial charge in [0.1, 0.15) is 5.82 Å². The molecule has 0 aromatic heterocycles. The molecular formula is C12H13F3N2O. The average molecular weight is 258 g/mol. The van der Waals surface area contributed by atoms with Crippen molar-refractivity contribution in [3.05, 3.63) is 35.1 Å². The normalized spacial score (nSPS) is 15.8. The average Bonchev–Trinajstić information content (AvgIpc) is 2.37. The van der Waals surface area contributed by atoms with Gasteiger partial charge in [0.2, 0.25) is 5.91 Å². The van der Waals surface area contributed by atoms with Crippen molar-refractivity contribution in [2.45, 2.75) is 6.42 Å². The Balaban J connectivity index is 2.08. The molecule has 1 aliphatic heterocycles. The van der Waals surface area contributed by atoms with Gasteiger partial charge >= 0.3 is 0 Å². The summed E-state index contributed by atoms with van der Waals surface area (Å²) in [6, 6.07) is 1.21. The number of nitrogens with one attached hydrogen (secondary N) is 1. The second-order valence-electron chi connectivity index (χ2n) is 4.17. The number of hydrogen-bond acceptors (Lipinski definition) is 2. The minimum absolute atomic E-state index is 0.113. The zero-order chi connectivity index (χ0) is 13.1. The lowest BCUT2D eigenvalue weighted by molar-refractivity contribution is -0.131. The number of benzene rings is 1. The lowest BCUT2D eigenvalue weighted by Crippen LogP contribution is -2.47. The molecule has 0 spiro atoms. The molecule has 1 aromatic carbocycles. The van der Waals surface area contributed by atoms with Crippen LogP contribution in [0, 0.1) is 17.5 Å². The van der Waals surface area contributed by atoms with E-state index in [1.165, 1.54) is 0 Å². The van der Waals surface area contributed by atoms with E-state index in [9.17, 15) is 18.0 Å². The summed E-state index contributed by atoms with van der Waals surface area (Å²) in [6.45, 7) is 2.46. The maximum absolute atomic E-state index is 13.4. The first kappa shape index (κ1) is 12.9. The highest BCUT2D eigenvalue weighted by Gasteiger charge is 2.19. The number of carbonyl (C=O) groups is 1. The maximum Gasteiger partial charge on any atom is 0.227 e. The van der Waals surface area contributed by atoms with Crippen molar-refractivity contribution >= 4 is 5.91 Å². The lowest BCUT2D eigenvalue weighted by Gasteiger charge is -2.27. The lowest BCUT2D eigenvalue weighted by atomic mass is 10.1. The number of rotatable bonds is 2. The molecule has 0 unspecified atom stereocenters. The van der Waals surface area contributed by atoms with Crippen LogP contribution in [0.25, 0.3) is 0 Å². The van der Waals surface area contributed by atoms with Crippen LogP contribution in [0.4, 0.5) is 13.2 Å². The Morgan fingerprint density at radius 3 is 2.39 bits per heavy atom. The molecule has 1 saturated heterocycles. The van der Waals surface area contributed by atoms with Crippen molar-refractivity contribution in [1.29, 1.82) is 0 Å². The van der Waals surface area contributed by atoms with Gasteiger partial charge in [-0.25, -0.2) is 13.2 Å². The van der Waals surface area contributed by atoms with Gasteiger partial charge in [-0.15, -0.1) is 0 Å². The summed E-state index contributed by atoms with van der Waals surface area (Å²) < 4.78 is 39.1. The van der Waals surface area contributed by atoms with Gasteiger partial charge in [-0.3, -0.25) is 4.79 Å². The third kappa shape index (κ3) is 2.81. The van der Waals surface area contributed by atoms with Gasteiger partial charge in [0, 0.05) is 37.8 Å². The standard InChI is InChI=1S/C12H13F3N2O/c13-9-7-11(15)10(14)5-8(9)6-12(18)17-3-1-16-2-4-17/h5,7,16H,1-4,6H2. The van der Waals surface area contributed by atoms with Crippen LogP contribution in [0.15, 0.2) is 12.1 Å². The molecule has 1 aliphatic rings. The van der Waals surface area contributed by atoms with Crippen molar-refractivity contribution in [2.75, 3.05) is 26.2 Å². The van der Waals surface area contributed by atoms with E-state index in [-0.39, 0.29) is 17.9 Å². The van der Waals surface area contributed by atoms with Crippen LogP contribution in [-0.2, 0) is 11.2 Å². The molecule has 98 valence electrons. The Hall–Kier alpha value is -1.56. The van der Waals surface area contributed by atoms with E-state index >= 15 is 0 Å². The molecule has 6 heteroatoms. The van der Waals surface area contributed by atoms with E-state index in [2.05, 4.69) is 5.32 Å². The smallest absolute Gasteiger partial charge is 0.227 e. The van der Waals surface area contributed by atoms with E-state index in [1.807, 2.05) is 0 Å². The highest BCUT2D eigenvalue weighted by atomic mass is 19.2. The number of piperazine rings is 1. The van der Waals surface area contributed by atoms with Crippen molar-refractivity contribution in [3.8, 4) is 0 Å². The maximum atomic E-state index is 13.4. The third-order valence-corrected chi connectivity index (χ3v) is 2.90. The van der Waals surface area contributed by atoms with Crippen molar-refractivity contribution in [3.63, 3.8) is 0 Å². The van der Waals surface area contributed by atoms with E-state index in [0.717, 1.165) is 6.07 Å². The van der Waals surface area contributed by atoms with E-state index < -0.39 is 17.5 Å². The molecule has 0 bridgehead atoms. The first-order chi connectivity index (χ1) is 8.58. The van der Waals surface area contributed by atoms with Crippen molar-refractivity contribution in [2.24, 2.45) is 0 Å². The molecule has 1 amide bonds. The summed E-state index contributed by atoms with van der Waals surface area (Å²) in [5, 5.41) is 3.08. The molecule has 1 aromatic rings. The molecule has 3 nitrogen and oxygen atoms in total. The Morgan fingerprint density at radius 2 is 1.72 bits per heavy atom. The quantitative estimate of drug-likeness (QED) is 0.805. The van der Waals surface area contributed by atoms with Crippen molar-refractivity contribution in [1.82, 2.24) is 10.2 Å². The third-order valence-electron chi connectivity index (χ3n) is 2.90. The number of nitrogens with zero attached hydrogens (tertiary/aromatic N) is 1. The fourth-order valence-corrected chi connectivity index (χ4v) is 1.89. The number of halogens is 3. The zero-order valence-electron chi connectivity index (χ0n) is 9.68. The van der Waals surface area contributed by atoms with Crippen LogP contribution >= 0.6 is 0 Å². The second-order valence-corrected chi connectivity index (χ2v) is 4.17. The molecule has 1 fully saturated rings. The van der Waals surface area contributed by atoms with E-state index in [4.69, 9.17) is 0 Å². The first-order valence-corrected chi connectivity index (χ1v) is 5.70. The van der Waals surface area contributed by atoms with Crippen LogP contribution in [-0.4, -0.2) is 37.0 Å². The van der Waals surface area contributed by atoms with Gasteiger partial charge < -0.3 is 10.2 Å². The Kier molecular flexibility index (Phi) is 3.86. The Bertz CT molecular complexity index is 459. The summed E-state index contributed by atoms with van der Waals surface area (Å²) >= 11 is 0. The van der Waals surface area contributed by atoms with Gasteiger partial charge in [0.15, 0.2) is 11.6 Å². The van der Waals surface area contributed by atoms with Gasteiger partial charge in [0.25, 0.3) is 0 Å². The minimum Gasteiger partial charge on any atom is -0.340 e. The van der Waals surface area contributed by atoms with Gasteiger partial charge in [0.05, 0.1) is 6.42 Å². The number of amides is 1. The predicted molar refractivity (Wildman–Crippen MR) is 59.5 cm³/mol. The summed E-state index contributed by atoms with van der Waals surface area (Å²) in [7, 11) is 0. The van der Waals surface area contributed by atoms with E-state index in [0.29, 0.717) is 32.2 Å². The molecule has 0 atom stereocenters. The number of hydrogen-bond donors (Lipinski definition) is 1. The van der Waals surface area contributed by atoms with Crippen LogP contribution < -0.4 is 5.32 Å². The largest absolute Gasteiger partial charge is 0.340 e. The fraction of sp³-hybridized carbons (Fsp3) is 0.417. The predicted octanol–water partition coefficient (Wildman–Crippen LogP) is 1.08. The molecule has 18 heavy (non-hydrogen) atoms. The molecule has 1 heterocycles. The van der Waals surface area contributed by atoms with Gasteiger partial charge in [-0.2, -0.15) is 0 Å². The highest BCUT2D eigenvalue weighted by molar-refractivity contribution is 5.79. The van der Waals surface area contributed by atoms with Gasteiger partial charge in [-0.05, 0) is 6.07 Å². The van der Waals surface area contributed by atoms with Crippen LogP contribution in [0.1, 0.15) is 5.56 Å². The fourth-order valence-electron chi connectivity index (χ4n) is 1.89. The molecule has 0 radical (unpaired) electrons. The van der Waals surface area contributed by atoms with Crippen LogP contribution in [0.2, 0.25) is 0 Å². The van der Waals surface area contributed by atoms with Crippen LogP contribution in [0.5, 0.6) is 0 Å².